The molecule has 1 atom stereocenters. The summed E-state index contributed by atoms with van der Waals surface area (Å²) in [6.45, 7) is 8.80. The minimum atomic E-state index is 0.836. The van der Waals surface area contributed by atoms with E-state index in [1.807, 2.05) is 6.08 Å². The lowest BCUT2D eigenvalue weighted by atomic mass is 9.84. The highest BCUT2D eigenvalue weighted by Crippen LogP contribution is 2.28. The van der Waals surface area contributed by atoms with Crippen molar-refractivity contribution in [2.75, 3.05) is 26.2 Å². The van der Waals surface area contributed by atoms with Crippen molar-refractivity contribution in [1.29, 1.82) is 0 Å². The van der Waals surface area contributed by atoms with Crippen LogP contribution in [0.3, 0.4) is 0 Å². The Kier molecular flexibility index (Phi) is 5.69. The number of benzene rings is 1. The molecule has 22 heavy (non-hydrogen) atoms. The van der Waals surface area contributed by atoms with Crippen LogP contribution in [0.1, 0.15) is 43.2 Å². The maximum atomic E-state index is 3.83. The van der Waals surface area contributed by atoms with E-state index in [1.54, 1.807) is 0 Å². The molecular weight excluding hydrogens is 268 g/mol. The summed E-state index contributed by atoms with van der Waals surface area (Å²) in [5.41, 5.74) is 2.68. The molecule has 1 unspecified atom stereocenters. The number of nitrogens with one attached hydrogen (secondary N) is 1. The lowest BCUT2D eigenvalue weighted by Crippen LogP contribution is -2.47. The maximum absolute atomic E-state index is 3.83. The molecule has 1 aromatic rings. The maximum Gasteiger partial charge on any atom is 0.0125 e. The molecule has 0 amide bonds. The Balaban J connectivity index is 1.57. The predicted octanol–water partition coefficient (Wildman–Crippen LogP) is 3.73. The largest absolute Gasteiger partial charge is 0.317 e. The topological polar surface area (TPSA) is 15.3 Å². The van der Waals surface area contributed by atoms with E-state index >= 15 is 0 Å². The van der Waals surface area contributed by atoms with Gasteiger partial charge in [0.15, 0.2) is 0 Å². The first kappa shape index (κ1) is 15.8. The molecule has 2 nitrogen and oxygen atoms in total. The summed E-state index contributed by atoms with van der Waals surface area (Å²) in [6, 6.07) is 9.73. The summed E-state index contributed by atoms with van der Waals surface area (Å²) < 4.78 is 0. The lowest BCUT2D eigenvalue weighted by molar-refractivity contribution is 0.0856. The van der Waals surface area contributed by atoms with Gasteiger partial charge in [-0.1, -0.05) is 43.3 Å². The van der Waals surface area contributed by atoms with Crippen molar-refractivity contribution >= 4 is 6.08 Å². The van der Waals surface area contributed by atoms with Crippen molar-refractivity contribution in [3.8, 4) is 0 Å². The fourth-order valence-electron chi connectivity index (χ4n) is 4.15. The van der Waals surface area contributed by atoms with Crippen molar-refractivity contribution in [3.63, 3.8) is 0 Å². The molecule has 0 radical (unpaired) electrons. The molecular formula is C20H30N2. The Hall–Kier alpha value is -1.12. The van der Waals surface area contributed by atoms with Crippen LogP contribution < -0.4 is 5.32 Å². The summed E-state index contributed by atoms with van der Waals surface area (Å²) in [5.74, 6) is 0.921. The zero-order chi connectivity index (χ0) is 15.2. The molecule has 0 bridgehead atoms. The van der Waals surface area contributed by atoms with Crippen LogP contribution in [-0.4, -0.2) is 37.1 Å². The number of piperidine rings is 2. The van der Waals surface area contributed by atoms with Gasteiger partial charge < -0.3 is 5.32 Å². The average Bonchev–Trinajstić information content (AvgIpc) is 2.61. The Morgan fingerprint density at radius 1 is 1.09 bits per heavy atom. The van der Waals surface area contributed by atoms with Crippen molar-refractivity contribution in [2.24, 2.45) is 5.92 Å². The molecule has 1 N–H and O–H groups in total. The van der Waals surface area contributed by atoms with E-state index in [-0.39, 0.29) is 0 Å². The molecule has 2 heterocycles. The second-order valence-electron chi connectivity index (χ2n) is 6.88. The second kappa shape index (κ2) is 7.94. The van der Waals surface area contributed by atoms with Gasteiger partial charge in [0, 0.05) is 12.6 Å². The Bertz CT molecular complexity index is 459. The first-order valence-electron chi connectivity index (χ1n) is 9.03. The van der Waals surface area contributed by atoms with Gasteiger partial charge in [-0.2, -0.15) is 0 Å². The number of hydrogen-bond acceptors (Lipinski definition) is 2. The van der Waals surface area contributed by atoms with Crippen molar-refractivity contribution in [1.82, 2.24) is 10.2 Å². The molecule has 2 saturated heterocycles. The van der Waals surface area contributed by atoms with Gasteiger partial charge in [-0.15, -0.1) is 0 Å². The fraction of sp³-hybridized carbons (Fsp3) is 0.600. The van der Waals surface area contributed by atoms with E-state index in [1.165, 1.54) is 75.8 Å². The monoisotopic (exact) mass is 298 g/mol. The molecule has 2 aliphatic rings. The Labute approximate surface area is 135 Å². The third-order valence-electron chi connectivity index (χ3n) is 5.50. The average molecular weight is 298 g/mol. The van der Waals surface area contributed by atoms with Gasteiger partial charge in [-0.25, -0.2) is 0 Å². The van der Waals surface area contributed by atoms with E-state index in [9.17, 15) is 0 Å². The van der Waals surface area contributed by atoms with Gasteiger partial charge in [0.25, 0.3) is 0 Å². The first-order valence-corrected chi connectivity index (χ1v) is 9.03. The Morgan fingerprint density at radius 3 is 2.59 bits per heavy atom. The molecule has 3 rings (SSSR count). The number of nitrogens with zero attached hydrogens (tertiary/aromatic N) is 1. The molecule has 0 saturated carbocycles. The van der Waals surface area contributed by atoms with Crippen LogP contribution in [-0.2, 0) is 6.42 Å². The molecule has 2 heteroatoms. The molecule has 2 aliphatic heterocycles. The van der Waals surface area contributed by atoms with Gasteiger partial charge in [0.1, 0.15) is 0 Å². The zero-order valence-corrected chi connectivity index (χ0v) is 13.8. The summed E-state index contributed by atoms with van der Waals surface area (Å²) >= 11 is 0. The molecule has 1 aromatic carbocycles. The van der Waals surface area contributed by atoms with Crippen LogP contribution in [0, 0.1) is 5.92 Å². The van der Waals surface area contributed by atoms with Gasteiger partial charge in [-0.05, 0) is 68.8 Å². The quantitative estimate of drug-likeness (QED) is 0.891. The predicted molar refractivity (Wildman–Crippen MR) is 95.0 cm³/mol. The van der Waals surface area contributed by atoms with Gasteiger partial charge in [0.05, 0.1) is 0 Å². The third kappa shape index (κ3) is 3.99. The minimum absolute atomic E-state index is 0.836. The van der Waals surface area contributed by atoms with Crippen LogP contribution in [0.25, 0.3) is 6.08 Å². The smallest absolute Gasteiger partial charge is 0.0125 e. The van der Waals surface area contributed by atoms with E-state index in [4.69, 9.17) is 0 Å². The number of likely N-dealkylation sites (tertiary alicyclic amines) is 1. The molecule has 0 aromatic heterocycles. The van der Waals surface area contributed by atoms with Crippen molar-refractivity contribution in [3.05, 3.63) is 42.0 Å². The highest BCUT2D eigenvalue weighted by Gasteiger charge is 2.30. The SMILES string of the molecule is C=Cc1ccc(CCN2CCCCC2C2CCNCC2)cc1. The van der Waals surface area contributed by atoms with Crippen molar-refractivity contribution in [2.45, 2.75) is 44.6 Å². The summed E-state index contributed by atoms with van der Waals surface area (Å²) in [6.07, 6.45) is 10.1. The molecule has 2 fully saturated rings. The zero-order valence-electron chi connectivity index (χ0n) is 13.8. The van der Waals surface area contributed by atoms with Crippen LogP contribution in [0.5, 0.6) is 0 Å². The first-order chi connectivity index (χ1) is 10.9. The highest BCUT2D eigenvalue weighted by atomic mass is 15.2. The Morgan fingerprint density at radius 2 is 1.86 bits per heavy atom. The molecule has 0 spiro atoms. The highest BCUT2D eigenvalue weighted by molar-refractivity contribution is 5.47. The van der Waals surface area contributed by atoms with Crippen molar-refractivity contribution < 1.29 is 0 Å². The van der Waals surface area contributed by atoms with Gasteiger partial charge >= 0.3 is 0 Å². The number of hydrogen-bond donors (Lipinski definition) is 1. The van der Waals surface area contributed by atoms with Crippen LogP contribution in [0.15, 0.2) is 30.8 Å². The standard InChI is InChI=1S/C20H30N2/c1-2-17-6-8-18(9-7-17)12-16-22-15-4-3-5-20(22)19-10-13-21-14-11-19/h2,6-9,19-21H,1,3-5,10-16H2. The van der Waals surface area contributed by atoms with Gasteiger partial charge in [-0.3, -0.25) is 4.90 Å². The molecule has 0 aliphatic carbocycles. The normalized spacial score (nSPS) is 24.3. The summed E-state index contributed by atoms with van der Waals surface area (Å²) in [4.78, 5) is 2.79. The minimum Gasteiger partial charge on any atom is -0.317 e. The van der Waals surface area contributed by atoms with E-state index in [2.05, 4.69) is 41.1 Å². The lowest BCUT2D eigenvalue weighted by Gasteiger charge is -2.42. The van der Waals surface area contributed by atoms with E-state index in [0.717, 1.165) is 12.0 Å². The summed E-state index contributed by atoms with van der Waals surface area (Å²) in [5, 5.41) is 3.51. The third-order valence-corrected chi connectivity index (χ3v) is 5.50. The van der Waals surface area contributed by atoms with Crippen LogP contribution in [0.4, 0.5) is 0 Å². The van der Waals surface area contributed by atoms with Crippen LogP contribution >= 0.6 is 0 Å². The second-order valence-corrected chi connectivity index (χ2v) is 6.88. The van der Waals surface area contributed by atoms with Crippen LogP contribution in [0.2, 0.25) is 0 Å². The molecule has 120 valence electrons. The summed E-state index contributed by atoms with van der Waals surface area (Å²) in [7, 11) is 0. The fourth-order valence-corrected chi connectivity index (χ4v) is 4.15. The van der Waals surface area contributed by atoms with Gasteiger partial charge in [0.2, 0.25) is 0 Å². The number of rotatable bonds is 5. The van der Waals surface area contributed by atoms with E-state index < -0.39 is 0 Å². The van der Waals surface area contributed by atoms with E-state index in [0.29, 0.717) is 0 Å².